The predicted molar refractivity (Wildman–Crippen MR) is 168 cm³/mol. The number of H-pyrrole nitrogens is 1. The van der Waals surface area contributed by atoms with Gasteiger partial charge in [0.2, 0.25) is 21.9 Å². The molecule has 10 nitrogen and oxygen atoms in total. The Morgan fingerprint density at radius 3 is 2.26 bits per heavy atom. The summed E-state index contributed by atoms with van der Waals surface area (Å²) >= 11 is 0. The maximum Gasteiger partial charge on any atom is 0.573 e. The zero-order chi connectivity index (χ0) is 34.8. The topological polar surface area (TPSA) is 121 Å². The number of anilines is 1. The maximum absolute atomic E-state index is 13.8. The fourth-order valence-corrected chi connectivity index (χ4v) is 5.60. The number of rotatable bonds is 8. The van der Waals surface area contributed by atoms with Crippen LogP contribution in [0.1, 0.15) is 38.3 Å². The number of amides is 1. The Labute approximate surface area is 270 Å². The molecule has 0 aliphatic carbocycles. The van der Waals surface area contributed by atoms with E-state index in [9.17, 15) is 35.2 Å². The summed E-state index contributed by atoms with van der Waals surface area (Å²) < 4.78 is 91.7. The first-order valence-corrected chi connectivity index (χ1v) is 16.6. The normalized spacial score (nSPS) is 15.6. The van der Waals surface area contributed by atoms with Crippen LogP contribution in [0.4, 0.5) is 27.9 Å². The summed E-state index contributed by atoms with van der Waals surface area (Å²) in [6.07, 6.45) is -0.556. The molecule has 3 heterocycles. The molecule has 1 aliphatic heterocycles. The molecule has 5 rings (SSSR count). The smallest absolute Gasteiger partial charge is 0.406 e. The molecule has 1 atom stereocenters. The molecule has 0 spiro atoms. The second kappa shape index (κ2) is 16.0. The molecule has 2 aromatic heterocycles. The molecule has 256 valence electrons. The number of fused-ring (bicyclic) bond motifs is 1. The first kappa shape index (κ1) is 37.2. The van der Waals surface area contributed by atoms with E-state index in [0.29, 0.717) is 23.6 Å². The Kier molecular flexibility index (Phi) is 12.6. The largest absolute Gasteiger partial charge is 0.573 e. The molecule has 1 fully saturated rings. The van der Waals surface area contributed by atoms with Gasteiger partial charge in [0.1, 0.15) is 11.8 Å². The van der Waals surface area contributed by atoms with E-state index in [-0.39, 0.29) is 37.4 Å². The second-order valence-electron chi connectivity index (χ2n) is 10.1. The van der Waals surface area contributed by atoms with Gasteiger partial charge in [0.15, 0.2) is 0 Å². The third-order valence-electron chi connectivity index (χ3n) is 6.89. The van der Waals surface area contributed by atoms with Gasteiger partial charge in [-0.15, -0.1) is 13.2 Å². The van der Waals surface area contributed by atoms with Crippen LogP contribution in [0.2, 0.25) is 0 Å². The fourth-order valence-electron chi connectivity index (χ4n) is 4.56. The van der Waals surface area contributed by atoms with Crippen molar-refractivity contribution in [1.29, 1.82) is 0 Å². The minimum Gasteiger partial charge on any atom is -0.406 e. The van der Waals surface area contributed by atoms with Gasteiger partial charge in [-0.2, -0.15) is 4.31 Å². The zero-order valence-corrected chi connectivity index (χ0v) is 27.1. The van der Waals surface area contributed by atoms with E-state index in [2.05, 4.69) is 25.0 Å². The van der Waals surface area contributed by atoms with Crippen molar-refractivity contribution in [2.75, 3.05) is 30.8 Å². The molecule has 16 heteroatoms. The van der Waals surface area contributed by atoms with E-state index in [1.54, 1.807) is 24.5 Å². The number of alkyl halides is 5. The number of sulfonamides is 1. The summed E-state index contributed by atoms with van der Waals surface area (Å²) in [7, 11) is -3.64. The minimum absolute atomic E-state index is 0.0845. The number of imidazole rings is 1. The lowest BCUT2D eigenvalue weighted by Crippen LogP contribution is -2.60. The molecule has 2 N–H and O–H groups in total. The number of carbonyl (C=O) groups is 1. The van der Waals surface area contributed by atoms with Crippen LogP contribution < -0.4 is 15.0 Å². The lowest BCUT2D eigenvalue weighted by Gasteiger charge is -2.38. The Bertz CT molecular complexity index is 1650. The van der Waals surface area contributed by atoms with Crippen molar-refractivity contribution in [2.45, 2.75) is 52.1 Å². The van der Waals surface area contributed by atoms with Gasteiger partial charge in [-0.3, -0.25) is 9.78 Å². The van der Waals surface area contributed by atoms with Crippen LogP contribution in [-0.4, -0.2) is 71.9 Å². The van der Waals surface area contributed by atoms with Crippen molar-refractivity contribution in [1.82, 2.24) is 24.6 Å². The highest BCUT2D eigenvalue weighted by atomic mass is 32.2. The van der Waals surface area contributed by atoms with Crippen molar-refractivity contribution < 1.29 is 39.9 Å². The minimum atomic E-state index is -4.60. The van der Waals surface area contributed by atoms with Crippen LogP contribution in [0, 0.1) is 0 Å². The van der Waals surface area contributed by atoms with Crippen molar-refractivity contribution in [3.8, 4) is 5.75 Å². The molecule has 0 unspecified atom stereocenters. The molecular weight excluding hydrogens is 647 g/mol. The van der Waals surface area contributed by atoms with Gasteiger partial charge in [0.05, 0.1) is 23.5 Å². The molecule has 1 amide bonds. The number of hydrogen-bond donors (Lipinski definition) is 2. The number of hydrogen-bond acceptors (Lipinski definition) is 7. The fraction of sp³-hybridized carbons (Fsp3) is 0.387. The third-order valence-corrected chi connectivity index (χ3v) is 8.18. The monoisotopic (exact) mass is 684 g/mol. The van der Waals surface area contributed by atoms with Gasteiger partial charge in [-0.05, 0) is 23.8 Å². The van der Waals surface area contributed by atoms with Crippen molar-refractivity contribution in [3.63, 3.8) is 0 Å². The number of nitrogens with zero attached hydrogens (tertiary/aromatic N) is 4. The molecule has 0 radical (unpaired) electrons. The molecule has 4 aromatic rings. The van der Waals surface area contributed by atoms with Gasteiger partial charge in [0.25, 0.3) is 5.92 Å². The number of aromatic nitrogens is 3. The molecule has 2 aromatic carbocycles. The SMILES string of the molecule is CC.CCC(F)(F)c1ccc(CNC(=O)[C@H]2CN(c3nc4ccncc4[nH]3)CCN2S(C)(=O)=O)cc1.FC(F)(F)Oc1ccccc1. The van der Waals surface area contributed by atoms with Crippen LogP contribution in [-0.2, 0) is 27.3 Å². The van der Waals surface area contributed by atoms with Crippen molar-refractivity contribution in [3.05, 3.63) is 84.2 Å². The van der Waals surface area contributed by atoms with E-state index < -0.39 is 34.3 Å². The Hall–Kier alpha value is -4.31. The van der Waals surface area contributed by atoms with Crippen LogP contribution in [0.15, 0.2) is 73.1 Å². The second-order valence-corrected chi connectivity index (χ2v) is 12.1. The summed E-state index contributed by atoms with van der Waals surface area (Å²) in [4.78, 5) is 26.6. The molecule has 1 aliphatic rings. The number of ether oxygens (including phenoxy) is 1. The number of nitrogens with one attached hydrogen (secondary N) is 2. The van der Waals surface area contributed by atoms with Gasteiger partial charge >= 0.3 is 6.36 Å². The quantitative estimate of drug-likeness (QED) is 0.224. The number of pyridine rings is 1. The van der Waals surface area contributed by atoms with Crippen LogP contribution in [0.25, 0.3) is 11.0 Å². The van der Waals surface area contributed by atoms with Crippen LogP contribution >= 0.6 is 0 Å². The highest BCUT2D eigenvalue weighted by molar-refractivity contribution is 7.88. The van der Waals surface area contributed by atoms with Gasteiger partial charge < -0.3 is 19.9 Å². The summed E-state index contributed by atoms with van der Waals surface area (Å²) in [5, 5.41) is 2.74. The summed E-state index contributed by atoms with van der Waals surface area (Å²) in [5.74, 6) is -3.05. The molecule has 1 saturated heterocycles. The summed E-state index contributed by atoms with van der Waals surface area (Å²) in [6, 6.07) is 13.6. The number of aromatic amines is 1. The number of para-hydroxylation sites is 1. The van der Waals surface area contributed by atoms with Gasteiger partial charge in [-0.25, -0.2) is 22.2 Å². The molecule has 47 heavy (non-hydrogen) atoms. The van der Waals surface area contributed by atoms with Crippen molar-refractivity contribution >= 4 is 32.9 Å². The van der Waals surface area contributed by atoms with E-state index in [1.165, 1.54) is 59.8 Å². The molecule has 0 saturated carbocycles. The van der Waals surface area contributed by atoms with E-state index in [1.807, 2.05) is 18.7 Å². The Balaban J connectivity index is 0.000000389. The number of piperazine rings is 1. The zero-order valence-electron chi connectivity index (χ0n) is 26.3. The number of halogens is 5. The highest BCUT2D eigenvalue weighted by Crippen LogP contribution is 2.31. The average Bonchev–Trinajstić information content (AvgIpc) is 3.49. The van der Waals surface area contributed by atoms with E-state index >= 15 is 0 Å². The maximum atomic E-state index is 13.8. The predicted octanol–water partition coefficient (Wildman–Crippen LogP) is 5.84. The first-order valence-electron chi connectivity index (χ1n) is 14.7. The summed E-state index contributed by atoms with van der Waals surface area (Å²) in [5.41, 5.74) is 2.00. The average molecular weight is 685 g/mol. The number of benzene rings is 2. The van der Waals surface area contributed by atoms with E-state index in [4.69, 9.17) is 0 Å². The highest BCUT2D eigenvalue weighted by Gasteiger charge is 2.38. The van der Waals surface area contributed by atoms with E-state index in [0.717, 1.165) is 11.8 Å². The molecular formula is C31H37F5N6O4S. The van der Waals surface area contributed by atoms with Crippen LogP contribution in [0.3, 0.4) is 0 Å². The van der Waals surface area contributed by atoms with Gasteiger partial charge in [-0.1, -0.05) is 63.2 Å². The standard InChI is InChI=1S/C22H26F2N6O3S.C7H5F3O.C2H6/c1-3-22(23,24)16-6-4-15(5-7-16)12-26-20(31)19-14-29(10-11-30(19)34(2,32)33)21-27-17-8-9-25-13-18(17)28-21;8-7(9,10)11-6-4-2-1-3-5-6;1-2/h4-9,13,19H,3,10-12,14H2,1-2H3,(H,26,31)(H,27,28);1-5H;1-2H3/t19-;;/m1../s1. The van der Waals surface area contributed by atoms with Crippen LogP contribution in [0.5, 0.6) is 5.75 Å². The summed E-state index contributed by atoms with van der Waals surface area (Å²) in [6.45, 7) is 6.08. The Morgan fingerprint density at radius 2 is 1.68 bits per heavy atom. The lowest BCUT2D eigenvalue weighted by molar-refractivity contribution is -0.274. The number of carbonyl (C=O) groups excluding carboxylic acids is 1. The lowest BCUT2D eigenvalue weighted by atomic mass is 10.0. The van der Waals surface area contributed by atoms with Crippen molar-refractivity contribution in [2.24, 2.45) is 0 Å². The van der Waals surface area contributed by atoms with Gasteiger partial charge in [0, 0.05) is 44.4 Å². The molecule has 0 bridgehead atoms. The first-order chi connectivity index (χ1) is 22.2. The third kappa shape index (κ3) is 10.6. The Morgan fingerprint density at radius 1 is 1.02 bits per heavy atom.